The second-order valence-corrected chi connectivity index (χ2v) is 11.0. The van der Waals surface area contributed by atoms with Crippen LogP contribution in [0.5, 0.6) is 5.88 Å². The van der Waals surface area contributed by atoms with Crippen LogP contribution in [0.3, 0.4) is 0 Å². The molecule has 0 saturated carbocycles. The average molecular weight is 553 g/mol. The van der Waals surface area contributed by atoms with Crippen LogP contribution in [-0.2, 0) is 25.1 Å². The summed E-state index contributed by atoms with van der Waals surface area (Å²) in [5.41, 5.74) is 1.95. The van der Waals surface area contributed by atoms with Crippen LogP contribution in [0.2, 0.25) is 0 Å². The third kappa shape index (κ3) is 5.94. The topological polar surface area (TPSA) is 148 Å². The van der Waals surface area contributed by atoms with Gasteiger partial charge in [0.1, 0.15) is 17.6 Å². The Morgan fingerprint density at radius 1 is 1.03 bits per heavy atom. The van der Waals surface area contributed by atoms with Gasteiger partial charge in [-0.05, 0) is 43.7 Å². The van der Waals surface area contributed by atoms with Crippen LogP contribution in [0.25, 0.3) is 17.2 Å². The minimum atomic E-state index is -3.89. The Hall–Kier alpha value is -4.23. The standard InChI is InChI=1S/C26H28N6O6S/c1-16-13-27-24(28-14-16)23(37-4)17(2)39(34,35)15-21-30-31-25(20-10-7-11-22(29-20)36-3)32(21)19-9-6-8-18(12-19)26(33)38-5/h6-14,17,23H,15H2,1-5H3/t17-,23-/m0/s1. The molecule has 1 aromatic carbocycles. The molecule has 0 N–H and O–H groups in total. The number of benzene rings is 1. The van der Waals surface area contributed by atoms with Gasteiger partial charge in [0.15, 0.2) is 27.3 Å². The highest BCUT2D eigenvalue weighted by Crippen LogP contribution is 2.28. The highest BCUT2D eigenvalue weighted by Gasteiger charge is 2.34. The summed E-state index contributed by atoms with van der Waals surface area (Å²) in [6, 6.07) is 11.6. The van der Waals surface area contributed by atoms with Gasteiger partial charge in [0.05, 0.1) is 25.0 Å². The molecule has 13 heteroatoms. The predicted molar refractivity (Wildman–Crippen MR) is 141 cm³/mol. The molecular formula is C26H28N6O6S. The van der Waals surface area contributed by atoms with Crippen LogP contribution in [0, 0.1) is 6.92 Å². The monoisotopic (exact) mass is 552 g/mol. The number of carbonyl (C=O) groups is 1. The van der Waals surface area contributed by atoms with Crippen LogP contribution in [0.15, 0.2) is 54.9 Å². The van der Waals surface area contributed by atoms with Gasteiger partial charge in [-0.3, -0.25) is 4.57 Å². The maximum Gasteiger partial charge on any atom is 0.337 e. The van der Waals surface area contributed by atoms with Gasteiger partial charge in [0, 0.05) is 31.3 Å². The molecule has 4 rings (SSSR count). The largest absolute Gasteiger partial charge is 0.481 e. The molecule has 0 aliphatic heterocycles. The van der Waals surface area contributed by atoms with Crippen LogP contribution >= 0.6 is 0 Å². The Bertz CT molecular complexity index is 1570. The molecule has 0 aliphatic carbocycles. The van der Waals surface area contributed by atoms with Gasteiger partial charge < -0.3 is 14.2 Å². The molecule has 3 heterocycles. The molecule has 3 aromatic heterocycles. The van der Waals surface area contributed by atoms with Crippen molar-refractivity contribution >= 4 is 15.8 Å². The summed E-state index contributed by atoms with van der Waals surface area (Å²) in [7, 11) is 0.285. The number of rotatable bonds is 10. The molecule has 0 spiro atoms. The molecule has 204 valence electrons. The first-order valence-electron chi connectivity index (χ1n) is 11.9. The van der Waals surface area contributed by atoms with E-state index < -0.39 is 32.9 Å². The van der Waals surface area contributed by atoms with Crippen molar-refractivity contribution in [2.24, 2.45) is 0 Å². The maximum absolute atomic E-state index is 13.7. The SMILES string of the molecule is COC(=O)c1cccc(-n2c(CS(=O)(=O)[C@@H](C)[C@H](OC)c3ncc(C)cn3)nnc2-c2cccc(OC)n2)c1. The minimum absolute atomic E-state index is 0.114. The van der Waals surface area contributed by atoms with Crippen molar-refractivity contribution in [2.45, 2.75) is 31.0 Å². The first kappa shape index (κ1) is 27.8. The molecule has 0 radical (unpaired) electrons. The highest BCUT2D eigenvalue weighted by atomic mass is 32.2. The van der Waals surface area contributed by atoms with E-state index in [0.29, 0.717) is 17.3 Å². The quantitative estimate of drug-likeness (QED) is 0.267. The third-order valence-electron chi connectivity index (χ3n) is 6.05. The van der Waals surface area contributed by atoms with Crippen molar-refractivity contribution in [1.82, 2.24) is 29.7 Å². The normalized spacial score (nSPS) is 13.1. The summed E-state index contributed by atoms with van der Waals surface area (Å²) in [6.07, 6.45) is 2.30. The minimum Gasteiger partial charge on any atom is -0.481 e. The van der Waals surface area contributed by atoms with Crippen molar-refractivity contribution in [3.63, 3.8) is 0 Å². The Kier molecular flexibility index (Phi) is 8.31. The number of methoxy groups -OCH3 is 3. The molecule has 0 fully saturated rings. The van der Waals surface area contributed by atoms with Crippen molar-refractivity contribution < 1.29 is 27.4 Å². The fourth-order valence-corrected chi connectivity index (χ4v) is 5.37. The number of nitrogens with zero attached hydrogens (tertiary/aromatic N) is 6. The molecule has 0 unspecified atom stereocenters. The van der Waals surface area contributed by atoms with Crippen LogP contribution in [0.1, 0.15) is 40.6 Å². The van der Waals surface area contributed by atoms with Crippen molar-refractivity contribution in [1.29, 1.82) is 0 Å². The zero-order valence-electron chi connectivity index (χ0n) is 22.1. The lowest BCUT2D eigenvalue weighted by Gasteiger charge is -2.21. The number of hydrogen-bond acceptors (Lipinski definition) is 11. The summed E-state index contributed by atoms with van der Waals surface area (Å²) >= 11 is 0. The summed E-state index contributed by atoms with van der Waals surface area (Å²) < 4.78 is 44.5. The number of pyridine rings is 1. The summed E-state index contributed by atoms with van der Waals surface area (Å²) in [4.78, 5) is 25.2. The zero-order chi connectivity index (χ0) is 28.2. The lowest BCUT2D eigenvalue weighted by Crippen LogP contribution is -2.30. The molecule has 0 aliphatic rings. The van der Waals surface area contributed by atoms with Crippen molar-refractivity contribution in [3.8, 4) is 23.1 Å². The lowest BCUT2D eigenvalue weighted by molar-refractivity contribution is 0.0600. The molecule has 2 atom stereocenters. The molecule has 0 amide bonds. The van der Waals surface area contributed by atoms with Crippen LogP contribution in [-0.4, -0.2) is 70.7 Å². The van der Waals surface area contributed by atoms with Gasteiger partial charge in [0.2, 0.25) is 5.88 Å². The molecule has 0 saturated heterocycles. The Morgan fingerprint density at radius 3 is 2.41 bits per heavy atom. The van der Waals surface area contributed by atoms with Gasteiger partial charge >= 0.3 is 5.97 Å². The average Bonchev–Trinajstić information content (AvgIpc) is 3.36. The Morgan fingerprint density at radius 2 is 1.74 bits per heavy atom. The van der Waals surface area contributed by atoms with Gasteiger partial charge in [-0.15, -0.1) is 10.2 Å². The third-order valence-corrected chi connectivity index (χ3v) is 8.09. The van der Waals surface area contributed by atoms with Gasteiger partial charge in [0.25, 0.3) is 0 Å². The second kappa shape index (κ2) is 11.7. The van der Waals surface area contributed by atoms with Crippen molar-refractivity contribution in [3.05, 3.63) is 77.6 Å². The van der Waals surface area contributed by atoms with E-state index in [9.17, 15) is 13.2 Å². The van der Waals surface area contributed by atoms with E-state index in [-0.39, 0.29) is 23.0 Å². The molecule has 0 bridgehead atoms. The first-order valence-corrected chi connectivity index (χ1v) is 13.6. The number of sulfone groups is 1. The molecule has 12 nitrogen and oxygen atoms in total. The first-order chi connectivity index (χ1) is 18.7. The summed E-state index contributed by atoms with van der Waals surface area (Å²) in [5.74, 6) is -0.0574. The smallest absolute Gasteiger partial charge is 0.337 e. The van der Waals surface area contributed by atoms with E-state index >= 15 is 0 Å². The summed E-state index contributed by atoms with van der Waals surface area (Å²) in [6.45, 7) is 3.37. The number of hydrogen-bond donors (Lipinski definition) is 0. The molecule has 39 heavy (non-hydrogen) atoms. The number of esters is 1. The zero-order valence-corrected chi connectivity index (χ0v) is 22.9. The van der Waals surface area contributed by atoms with E-state index in [1.165, 1.54) is 28.3 Å². The lowest BCUT2D eigenvalue weighted by atomic mass is 10.2. The van der Waals surface area contributed by atoms with E-state index in [1.807, 2.05) is 6.92 Å². The number of carbonyl (C=O) groups excluding carboxylic acids is 1. The summed E-state index contributed by atoms with van der Waals surface area (Å²) in [5, 5.41) is 7.47. The van der Waals surface area contributed by atoms with E-state index in [2.05, 4.69) is 25.1 Å². The Labute approximate surface area is 226 Å². The fraction of sp³-hybridized carbons (Fsp3) is 0.308. The fourth-order valence-electron chi connectivity index (χ4n) is 3.95. The van der Waals surface area contributed by atoms with Gasteiger partial charge in [-0.2, -0.15) is 0 Å². The predicted octanol–water partition coefficient (Wildman–Crippen LogP) is 2.91. The number of aromatic nitrogens is 6. The van der Waals surface area contributed by atoms with Crippen LogP contribution < -0.4 is 4.74 Å². The van der Waals surface area contributed by atoms with Crippen LogP contribution in [0.4, 0.5) is 0 Å². The molecule has 4 aromatic rings. The van der Waals surface area contributed by atoms with Gasteiger partial charge in [-0.1, -0.05) is 12.1 Å². The van der Waals surface area contributed by atoms with Crippen molar-refractivity contribution in [2.75, 3.05) is 21.3 Å². The van der Waals surface area contributed by atoms with E-state index in [1.54, 1.807) is 59.4 Å². The number of aryl methyl sites for hydroxylation is 1. The molecular weight excluding hydrogens is 524 g/mol. The number of ether oxygens (including phenoxy) is 3. The highest BCUT2D eigenvalue weighted by molar-refractivity contribution is 7.91. The van der Waals surface area contributed by atoms with E-state index in [0.717, 1.165) is 5.56 Å². The van der Waals surface area contributed by atoms with E-state index in [4.69, 9.17) is 14.2 Å². The Balaban J connectivity index is 1.80. The van der Waals surface area contributed by atoms with Gasteiger partial charge in [-0.25, -0.2) is 28.2 Å². The maximum atomic E-state index is 13.7. The second-order valence-electron chi connectivity index (χ2n) is 8.67.